The molecule has 15 nitrogen and oxygen atoms in total. The fourth-order valence-corrected chi connectivity index (χ4v) is 8.77. The van der Waals surface area contributed by atoms with Crippen LogP contribution < -0.4 is 24.8 Å². The molecular formula is C38H48N6O9S2. The number of thiazole rings is 1. The van der Waals surface area contributed by atoms with Gasteiger partial charge in [0.2, 0.25) is 27.7 Å². The number of hydrogen-bond acceptors (Lipinski definition) is 12. The maximum Gasteiger partial charge on any atom is 0.408 e. The minimum atomic E-state index is -3.92. The Balaban J connectivity index is 1.34. The van der Waals surface area contributed by atoms with Crippen molar-refractivity contribution >= 4 is 55.9 Å². The van der Waals surface area contributed by atoms with Crippen LogP contribution in [0.3, 0.4) is 0 Å². The number of likely N-dealkylation sites (tertiary alicyclic amines) is 1. The Bertz CT molecular complexity index is 2110. The molecular weight excluding hydrogens is 749 g/mol. The zero-order valence-corrected chi connectivity index (χ0v) is 33.6. The van der Waals surface area contributed by atoms with Crippen LogP contribution in [0.25, 0.3) is 21.5 Å². The first-order valence-electron chi connectivity index (χ1n) is 18.1. The number of sulfonamides is 1. The van der Waals surface area contributed by atoms with Crippen molar-refractivity contribution in [3.05, 3.63) is 48.5 Å². The summed E-state index contributed by atoms with van der Waals surface area (Å²) in [6.07, 6.45) is 2.55. The van der Waals surface area contributed by atoms with E-state index in [1.807, 2.05) is 29.6 Å². The van der Waals surface area contributed by atoms with Gasteiger partial charge in [-0.15, -0.1) is 17.9 Å². The first-order valence-corrected chi connectivity index (χ1v) is 20.5. The quantitative estimate of drug-likeness (QED) is 0.221. The molecule has 1 saturated heterocycles. The van der Waals surface area contributed by atoms with E-state index in [-0.39, 0.29) is 25.3 Å². The smallest absolute Gasteiger partial charge is 0.408 e. The number of aromatic nitrogens is 2. The summed E-state index contributed by atoms with van der Waals surface area (Å²) in [5, 5.41) is 8.61. The Labute approximate surface area is 324 Å². The van der Waals surface area contributed by atoms with Crippen molar-refractivity contribution in [2.24, 2.45) is 11.3 Å². The lowest BCUT2D eigenvalue weighted by molar-refractivity contribution is -0.143. The van der Waals surface area contributed by atoms with Gasteiger partial charge in [-0.1, -0.05) is 45.0 Å². The highest BCUT2D eigenvalue weighted by Gasteiger charge is 2.62. The highest BCUT2D eigenvalue weighted by atomic mass is 32.2. The minimum Gasteiger partial charge on any atom is -0.494 e. The van der Waals surface area contributed by atoms with Crippen molar-refractivity contribution in [3.8, 4) is 22.3 Å². The number of pyridine rings is 1. The molecule has 3 fully saturated rings. The predicted octanol–water partition coefficient (Wildman–Crippen LogP) is 4.32. The SMILES string of the molecule is C=CC1C[C@]1(NC(=O)[C@@H]1C[C@@H](Oc2nc(-c3nccs3)c(OC)c3ccccc23)CN1C(=O)[C@@H](NC(=O)OC(C)(C)C)C(C)(C)C)C(=O)NS(=O)(=O)C1CC1. The number of rotatable bonds is 12. The number of methoxy groups -OCH3 is 1. The number of alkyl carbamates (subject to hydrolysis) is 1. The topological polar surface area (TPSA) is 195 Å². The number of fused-ring (bicyclic) bond motifs is 1. The summed E-state index contributed by atoms with van der Waals surface area (Å²) in [4.78, 5) is 66.2. The number of amides is 4. The molecule has 17 heteroatoms. The lowest BCUT2D eigenvalue weighted by Crippen LogP contribution is -2.60. The number of carbonyl (C=O) groups is 4. The summed E-state index contributed by atoms with van der Waals surface area (Å²) in [5.41, 5.74) is -2.81. The van der Waals surface area contributed by atoms with Gasteiger partial charge in [0.15, 0.2) is 5.75 Å². The Hall–Kier alpha value is -4.77. The normalized spacial score (nSPS) is 23.0. The highest BCUT2D eigenvalue weighted by Crippen LogP contribution is 2.46. The number of hydrogen-bond donors (Lipinski definition) is 3. The van der Waals surface area contributed by atoms with Crippen molar-refractivity contribution in [3.63, 3.8) is 0 Å². The van der Waals surface area contributed by atoms with Crippen molar-refractivity contribution in [2.75, 3.05) is 13.7 Å². The van der Waals surface area contributed by atoms with E-state index < -0.39 is 79.7 Å². The third-order valence-corrected chi connectivity index (χ3v) is 12.4. The molecule has 6 rings (SSSR count). The Morgan fingerprint density at radius 2 is 1.78 bits per heavy atom. The van der Waals surface area contributed by atoms with Gasteiger partial charge in [0.05, 0.1) is 18.9 Å². The number of nitrogens with one attached hydrogen (secondary N) is 3. The van der Waals surface area contributed by atoms with Crippen LogP contribution in [-0.4, -0.2) is 95.3 Å². The number of nitrogens with zero attached hydrogens (tertiary/aromatic N) is 3. The number of benzene rings is 1. The van der Waals surface area contributed by atoms with Gasteiger partial charge in [-0.3, -0.25) is 19.1 Å². The second-order valence-corrected chi connectivity index (χ2v) is 19.1. The summed E-state index contributed by atoms with van der Waals surface area (Å²) < 4.78 is 45.5. The fourth-order valence-electron chi connectivity index (χ4n) is 6.78. The van der Waals surface area contributed by atoms with E-state index in [4.69, 9.17) is 19.2 Å². The van der Waals surface area contributed by atoms with E-state index in [9.17, 15) is 27.6 Å². The summed E-state index contributed by atoms with van der Waals surface area (Å²) >= 11 is 1.37. The zero-order chi connectivity index (χ0) is 40.1. The lowest BCUT2D eigenvalue weighted by atomic mass is 9.85. The van der Waals surface area contributed by atoms with Crippen LogP contribution in [0.2, 0.25) is 0 Å². The average Bonchev–Trinajstić information content (AvgIpc) is 3.98. The highest BCUT2D eigenvalue weighted by molar-refractivity contribution is 7.91. The zero-order valence-electron chi connectivity index (χ0n) is 32.0. The molecule has 1 aliphatic heterocycles. The van der Waals surface area contributed by atoms with E-state index in [2.05, 4.69) is 26.9 Å². The standard InChI is InChI=1S/C38H48N6O9S2/c1-9-21-19-38(21,34(47)43-55(49,50)23-14-15-23)42-30(45)26-18-22(20-44(26)33(46)29(36(2,3)4)41-35(48)53-37(5,6)7)52-31-25-13-11-10-12-24(25)28(51-8)27(40-31)32-39-16-17-54-32/h9-13,16-17,21-23,26,29H,1,14-15,18-20H2,2-8H3,(H,41,48)(H,42,45)(H,43,47)/t21?,22-,26+,29-,38-/m1/s1. The molecule has 2 saturated carbocycles. The Morgan fingerprint density at radius 1 is 1.09 bits per heavy atom. The molecule has 2 aromatic heterocycles. The Kier molecular flexibility index (Phi) is 10.7. The van der Waals surface area contributed by atoms with Crippen LogP contribution in [0.15, 0.2) is 48.5 Å². The molecule has 3 heterocycles. The van der Waals surface area contributed by atoms with Crippen molar-refractivity contribution in [2.45, 2.75) is 102 Å². The first-order chi connectivity index (χ1) is 25.8. The van der Waals surface area contributed by atoms with Crippen molar-refractivity contribution < 1.29 is 41.8 Å². The van der Waals surface area contributed by atoms with Gasteiger partial charge < -0.3 is 29.7 Å². The van der Waals surface area contributed by atoms with Crippen LogP contribution >= 0.6 is 11.3 Å². The van der Waals surface area contributed by atoms with Gasteiger partial charge in [-0.05, 0) is 51.5 Å². The van der Waals surface area contributed by atoms with Gasteiger partial charge >= 0.3 is 6.09 Å². The molecule has 4 amide bonds. The lowest BCUT2D eigenvalue weighted by Gasteiger charge is -2.36. The van der Waals surface area contributed by atoms with E-state index in [1.54, 1.807) is 54.8 Å². The second-order valence-electron chi connectivity index (χ2n) is 16.3. The molecule has 1 unspecified atom stereocenters. The van der Waals surface area contributed by atoms with Gasteiger partial charge in [0.25, 0.3) is 5.91 Å². The molecule has 3 aromatic rings. The van der Waals surface area contributed by atoms with Gasteiger partial charge in [-0.2, -0.15) is 0 Å². The molecule has 1 aromatic carbocycles. The number of carbonyl (C=O) groups excluding carboxylic acids is 4. The van der Waals surface area contributed by atoms with Crippen LogP contribution in [0.1, 0.15) is 67.2 Å². The molecule has 5 atom stereocenters. The third kappa shape index (κ3) is 8.42. The molecule has 3 N–H and O–H groups in total. The van der Waals surface area contributed by atoms with Crippen LogP contribution in [0, 0.1) is 11.3 Å². The molecule has 296 valence electrons. The summed E-state index contributed by atoms with van der Waals surface area (Å²) in [5.74, 6) is -1.93. The van der Waals surface area contributed by atoms with Crippen LogP contribution in [-0.2, 0) is 29.1 Å². The third-order valence-electron chi connectivity index (χ3n) is 9.82. The second kappa shape index (κ2) is 14.7. The first kappa shape index (κ1) is 39.9. The van der Waals surface area contributed by atoms with Crippen LogP contribution in [0.5, 0.6) is 11.6 Å². The van der Waals surface area contributed by atoms with Crippen molar-refractivity contribution in [1.29, 1.82) is 0 Å². The van der Waals surface area contributed by atoms with Gasteiger partial charge in [0, 0.05) is 34.7 Å². The van der Waals surface area contributed by atoms with Gasteiger partial charge in [0.1, 0.15) is 40.0 Å². The predicted molar refractivity (Wildman–Crippen MR) is 206 cm³/mol. The van der Waals surface area contributed by atoms with E-state index >= 15 is 0 Å². The summed E-state index contributed by atoms with van der Waals surface area (Å²) in [7, 11) is -2.37. The summed E-state index contributed by atoms with van der Waals surface area (Å²) in [6, 6.07) is 5.05. The molecule has 55 heavy (non-hydrogen) atoms. The van der Waals surface area contributed by atoms with E-state index in [0.717, 1.165) is 0 Å². The van der Waals surface area contributed by atoms with Crippen molar-refractivity contribution in [1.82, 2.24) is 30.2 Å². The molecule has 0 bridgehead atoms. The molecule has 0 spiro atoms. The fraction of sp³-hybridized carbons (Fsp3) is 0.526. The Morgan fingerprint density at radius 3 is 2.35 bits per heavy atom. The number of ether oxygens (including phenoxy) is 3. The monoisotopic (exact) mass is 796 g/mol. The maximum absolute atomic E-state index is 14.6. The molecule has 2 aliphatic carbocycles. The molecule has 0 radical (unpaired) electrons. The van der Waals surface area contributed by atoms with E-state index in [1.165, 1.54) is 22.3 Å². The maximum atomic E-state index is 14.6. The van der Waals surface area contributed by atoms with E-state index in [0.29, 0.717) is 40.1 Å². The minimum absolute atomic E-state index is 0.0215. The summed E-state index contributed by atoms with van der Waals surface area (Å²) in [6.45, 7) is 14.1. The van der Waals surface area contributed by atoms with Gasteiger partial charge in [-0.25, -0.2) is 23.2 Å². The average molecular weight is 797 g/mol. The van der Waals surface area contributed by atoms with Crippen LogP contribution in [0.4, 0.5) is 4.79 Å². The largest absolute Gasteiger partial charge is 0.494 e. The molecule has 3 aliphatic rings.